The van der Waals surface area contributed by atoms with Crippen LogP contribution in [0.3, 0.4) is 0 Å². The number of para-hydroxylation sites is 2. The van der Waals surface area contributed by atoms with E-state index in [0.29, 0.717) is 0 Å². The highest BCUT2D eigenvalue weighted by Gasteiger charge is 2.09. The normalized spacial score (nSPS) is 11.1. The highest BCUT2D eigenvalue weighted by molar-refractivity contribution is 6.11. The van der Waals surface area contributed by atoms with E-state index in [-0.39, 0.29) is 0 Å². The number of anilines is 2. The maximum absolute atomic E-state index is 3.59. The maximum Gasteiger partial charge on any atom is 0.0544 e. The summed E-state index contributed by atoms with van der Waals surface area (Å²) >= 11 is 0. The Kier molecular flexibility index (Phi) is 3.68. The van der Waals surface area contributed by atoms with Gasteiger partial charge in [0.1, 0.15) is 0 Å². The minimum absolute atomic E-state index is 1.09. The first-order chi connectivity index (χ1) is 13.3. The predicted molar refractivity (Wildman–Crippen MR) is 116 cm³/mol. The van der Waals surface area contributed by atoms with Gasteiger partial charge in [0.2, 0.25) is 0 Å². The quantitative estimate of drug-likeness (QED) is 0.359. The molecule has 0 fully saturated rings. The molecular weight excluding hydrogens is 328 g/mol. The molecule has 0 radical (unpaired) electrons. The molecule has 0 saturated heterocycles. The van der Waals surface area contributed by atoms with Gasteiger partial charge in [-0.2, -0.15) is 0 Å². The minimum Gasteiger partial charge on any atom is -0.356 e. The molecule has 2 heteroatoms. The van der Waals surface area contributed by atoms with Gasteiger partial charge in [-0.1, -0.05) is 66.2 Å². The summed E-state index contributed by atoms with van der Waals surface area (Å²) in [5, 5.41) is 6.00. The fourth-order valence-corrected chi connectivity index (χ4v) is 3.65. The van der Waals surface area contributed by atoms with Gasteiger partial charge in [0, 0.05) is 33.2 Å². The first-order valence-corrected chi connectivity index (χ1v) is 9.21. The van der Waals surface area contributed by atoms with Crippen molar-refractivity contribution in [1.29, 1.82) is 0 Å². The molecule has 0 saturated carbocycles. The third-order valence-corrected chi connectivity index (χ3v) is 5.08. The first-order valence-electron chi connectivity index (χ1n) is 9.21. The van der Waals surface area contributed by atoms with Gasteiger partial charge < -0.3 is 10.3 Å². The maximum atomic E-state index is 3.59. The molecule has 4 aromatic carbocycles. The van der Waals surface area contributed by atoms with Crippen molar-refractivity contribution in [2.75, 3.05) is 5.32 Å². The van der Waals surface area contributed by atoms with Crippen LogP contribution in [0.1, 0.15) is 5.56 Å². The zero-order valence-electron chi connectivity index (χ0n) is 15.2. The lowest BCUT2D eigenvalue weighted by Crippen LogP contribution is -1.90. The average molecular weight is 348 g/mol. The molecule has 5 aromatic rings. The summed E-state index contributed by atoms with van der Waals surface area (Å²) in [6, 6.07) is 32.0. The SMILES string of the molecule is Cc1ccc(Nc2ccc(-c3cccc4c3[nH]c3ccccc34)cc2)cc1. The molecule has 0 unspecified atom stereocenters. The highest BCUT2D eigenvalue weighted by Crippen LogP contribution is 2.33. The van der Waals surface area contributed by atoms with E-state index < -0.39 is 0 Å². The Morgan fingerprint density at radius 2 is 1.30 bits per heavy atom. The number of fused-ring (bicyclic) bond motifs is 3. The van der Waals surface area contributed by atoms with Gasteiger partial charge in [-0.3, -0.25) is 0 Å². The number of aromatic amines is 1. The van der Waals surface area contributed by atoms with Crippen LogP contribution in [0.4, 0.5) is 11.4 Å². The minimum atomic E-state index is 1.09. The largest absolute Gasteiger partial charge is 0.356 e. The Labute approximate surface area is 158 Å². The van der Waals surface area contributed by atoms with Gasteiger partial charge in [-0.15, -0.1) is 0 Å². The summed E-state index contributed by atoms with van der Waals surface area (Å²) in [6.07, 6.45) is 0. The van der Waals surface area contributed by atoms with Gasteiger partial charge in [0.05, 0.1) is 5.52 Å². The van der Waals surface area contributed by atoms with E-state index in [2.05, 4.69) is 108 Å². The van der Waals surface area contributed by atoms with Crippen molar-refractivity contribution in [3.8, 4) is 11.1 Å². The van der Waals surface area contributed by atoms with Crippen molar-refractivity contribution >= 4 is 33.2 Å². The number of H-pyrrole nitrogens is 1. The highest BCUT2D eigenvalue weighted by atomic mass is 14.9. The Bertz CT molecular complexity index is 1230. The van der Waals surface area contributed by atoms with Gasteiger partial charge in [0.15, 0.2) is 0 Å². The zero-order chi connectivity index (χ0) is 18.2. The molecule has 1 heterocycles. The summed E-state index contributed by atoms with van der Waals surface area (Å²) in [7, 11) is 0. The third kappa shape index (κ3) is 2.85. The van der Waals surface area contributed by atoms with E-state index in [1.165, 1.54) is 38.5 Å². The molecule has 2 nitrogen and oxygen atoms in total. The van der Waals surface area contributed by atoms with Crippen molar-refractivity contribution in [2.24, 2.45) is 0 Å². The van der Waals surface area contributed by atoms with Gasteiger partial charge >= 0.3 is 0 Å². The average Bonchev–Trinajstić information content (AvgIpc) is 3.09. The Hall–Kier alpha value is -3.52. The summed E-state index contributed by atoms with van der Waals surface area (Å²) in [5.41, 5.74) is 8.27. The van der Waals surface area contributed by atoms with Crippen molar-refractivity contribution < 1.29 is 0 Å². The molecule has 1 aromatic heterocycles. The predicted octanol–water partition coefficient (Wildman–Crippen LogP) is 7.04. The fourth-order valence-electron chi connectivity index (χ4n) is 3.65. The van der Waals surface area contributed by atoms with Crippen LogP contribution in [-0.2, 0) is 0 Å². The summed E-state index contributed by atoms with van der Waals surface area (Å²) in [4.78, 5) is 3.59. The fraction of sp³-hybridized carbons (Fsp3) is 0.0400. The van der Waals surface area contributed by atoms with Crippen LogP contribution in [-0.4, -0.2) is 4.98 Å². The second-order valence-electron chi connectivity index (χ2n) is 6.97. The summed E-state index contributed by atoms with van der Waals surface area (Å²) in [6.45, 7) is 2.10. The molecule has 0 aliphatic carbocycles. The van der Waals surface area contributed by atoms with E-state index >= 15 is 0 Å². The van der Waals surface area contributed by atoms with Crippen LogP contribution < -0.4 is 5.32 Å². The second-order valence-corrected chi connectivity index (χ2v) is 6.97. The molecule has 27 heavy (non-hydrogen) atoms. The van der Waals surface area contributed by atoms with E-state index in [0.717, 1.165) is 11.4 Å². The number of benzene rings is 4. The third-order valence-electron chi connectivity index (χ3n) is 5.08. The smallest absolute Gasteiger partial charge is 0.0544 e. The Balaban J connectivity index is 1.52. The van der Waals surface area contributed by atoms with Crippen molar-refractivity contribution in [3.05, 3.63) is 96.6 Å². The standard InChI is InChI=1S/C25H20N2/c1-17-9-13-19(14-10-17)26-20-15-11-18(12-16-20)21-6-4-7-23-22-5-2-3-8-24(22)27-25(21)23/h2-16,26-27H,1H3. The zero-order valence-corrected chi connectivity index (χ0v) is 15.2. The number of rotatable bonds is 3. The van der Waals surface area contributed by atoms with Crippen molar-refractivity contribution in [1.82, 2.24) is 4.98 Å². The lowest BCUT2D eigenvalue weighted by atomic mass is 10.0. The Morgan fingerprint density at radius 3 is 2.07 bits per heavy atom. The van der Waals surface area contributed by atoms with Crippen LogP contribution in [0.15, 0.2) is 91.0 Å². The van der Waals surface area contributed by atoms with Crippen LogP contribution in [0.25, 0.3) is 32.9 Å². The summed E-state index contributed by atoms with van der Waals surface area (Å²) in [5.74, 6) is 0. The molecule has 0 spiro atoms. The van der Waals surface area contributed by atoms with Gasteiger partial charge in [0.25, 0.3) is 0 Å². The lowest BCUT2D eigenvalue weighted by molar-refractivity contribution is 1.45. The molecule has 0 aliphatic heterocycles. The van der Waals surface area contributed by atoms with Crippen LogP contribution in [0.2, 0.25) is 0 Å². The molecule has 0 atom stereocenters. The molecule has 0 amide bonds. The lowest BCUT2D eigenvalue weighted by Gasteiger charge is -2.09. The van der Waals surface area contributed by atoms with Crippen LogP contribution >= 0.6 is 0 Å². The number of aryl methyl sites for hydroxylation is 1. The Morgan fingerprint density at radius 1 is 0.630 bits per heavy atom. The molecule has 5 rings (SSSR count). The molecule has 0 aliphatic rings. The molecule has 130 valence electrons. The van der Waals surface area contributed by atoms with Crippen molar-refractivity contribution in [3.63, 3.8) is 0 Å². The number of hydrogen-bond acceptors (Lipinski definition) is 1. The van der Waals surface area contributed by atoms with Crippen LogP contribution in [0.5, 0.6) is 0 Å². The van der Waals surface area contributed by atoms with Crippen LogP contribution in [0, 0.1) is 6.92 Å². The summed E-state index contributed by atoms with van der Waals surface area (Å²) < 4.78 is 0. The molecular formula is C25H20N2. The molecule has 2 N–H and O–H groups in total. The van der Waals surface area contributed by atoms with E-state index in [4.69, 9.17) is 0 Å². The number of aromatic nitrogens is 1. The van der Waals surface area contributed by atoms with Gasteiger partial charge in [-0.05, 0) is 42.8 Å². The number of hydrogen-bond donors (Lipinski definition) is 2. The molecule has 0 bridgehead atoms. The first kappa shape index (κ1) is 15.7. The van der Waals surface area contributed by atoms with Gasteiger partial charge in [-0.25, -0.2) is 0 Å². The van der Waals surface area contributed by atoms with Crippen molar-refractivity contribution in [2.45, 2.75) is 6.92 Å². The number of nitrogens with one attached hydrogen (secondary N) is 2. The van der Waals surface area contributed by atoms with E-state index in [1.807, 2.05) is 0 Å². The second kappa shape index (κ2) is 6.33. The van der Waals surface area contributed by atoms with E-state index in [9.17, 15) is 0 Å². The monoisotopic (exact) mass is 348 g/mol. The topological polar surface area (TPSA) is 27.8 Å². The van der Waals surface area contributed by atoms with E-state index in [1.54, 1.807) is 0 Å².